The van der Waals surface area contributed by atoms with Gasteiger partial charge in [-0.15, -0.1) is 0 Å². The van der Waals surface area contributed by atoms with Gasteiger partial charge >= 0.3 is 12.3 Å². The quantitative estimate of drug-likeness (QED) is 0.831. The van der Waals surface area contributed by atoms with E-state index in [1.165, 1.54) is 6.92 Å². The molecule has 1 aromatic rings. The first-order valence-electron chi connectivity index (χ1n) is 4.76. The molecule has 102 valence electrons. The van der Waals surface area contributed by atoms with Crippen molar-refractivity contribution in [3.8, 4) is 0 Å². The molecule has 1 aromatic heterocycles. The van der Waals surface area contributed by atoms with E-state index in [9.17, 15) is 22.0 Å². The Labute approximate surface area is 99.0 Å². The molecule has 1 heterocycles. The van der Waals surface area contributed by atoms with E-state index in [2.05, 4.69) is 14.7 Å². The van der Waals surface area contributed by atoms with Gasteiger partial charge < -0.3 is 10.5 Å². The minimum Gasteiger partial charge on any atom is -0.381 e. The standard InChI is InChI=1S/C9H10F5N3O/c1-4-6(10)7(15)17-5(16-4)2-18-3-9(13,14)8(11)12/h8H,2-3H2,1H3,(H2,15,16,17). The maximum absolute atomic E-state index is 13.0. The van der Waals surface area contributed by atoms with Crippen molar-refractivity contribution >= 4 is 5.82 Å². The fourth-order valence-electron chi connectivity index (χ4n) is 1.05. The zero-order valence-electron chi connectivity index (χ0n) is 9.26. The van der Waals surface area contributed by atoms with Crippen LogP contribution in [0.2, 0.25) is 0 Å². The van der Waals surface area contributed by atoms with Crippen molar-refractivity contribution in [1.82, 2.24) is 9.97 Å². The van der Waals surface area contributed by atoms with Gasteiger partial charge in [-0.05, 0) is 6.92 Å². The fraction of sp³-hybridized carbons (Fsp3) is 0.556. The zero-order valence-corrected chi connectivity index (χ0v) is 9.26. The second-order valence-electron chi connectivity index (χ2n) is 3.48. The highest BCUT2D eigenvalue weighted by atomic mass is 19.3. The molecule has 0 atom stereocenters. The van der Waals surface area contributed by atoms with Gasteiger partial charge in [0.25, 0.3) is 0 Å². The lowest BCUT2D eigenvalue weighted by Gasteiger charge is -2.14. The number of anilines is 1. The number of ether oxygens (including phenoxy) is 1. The van der Waals surface area contributed by atoms with Gasteiger partial charge in [0.15, 0.2) is 17.5 Å². The molecular weight excluding hydrogens is 261 g/mol. The number of hydrogen-bond acceptors (Lipinski definition) is 4. The molecule has 0 aliphatic rings. The van der Waals surface area contributed by atoms with Crippen molar-refractivity contribution < 1.29 is 26.7 Å². The maximum Gasteiger partial charge on any atom is 0.330 e. The smallest absolute Gasteiger partial charge is 0.330 e. The Morgan fingerprint density at radius 3 is 2.44 bits per heavy atom. The van der Waals surface area contributed by atoms with Crippen molar-refractivity contribution in [2.24, 2.45) is 0 Å². The third-order valence-corrected chi connectivity index (χ3v) is 1.93. The normalized spacial score (nSPS) is 12.2. The lowest BCUT2D eigenvalue weighted by Crippen LogP contribution is -2.32. The van der Waals surface area contributed by atoms with E-state index in [0.717, 1.165) is 0 Å². The van der Waals surface area contributed by atoms with E-state index < -0.39 is 37.2 Å². The van der Waals surface area contributed by atoms with Crippen molar-refractivity contribution in [3.05, 3.63) is 17.3 Å². The Hall–Kier alpha value is -1.51. The molecule has 0 bridgehead atoms. The molecule has 9 heteroatoms. The topological polar surface area (TPSA) is 61.0 Å². The highest BCUT2D eigenvalue weighted by molar-refractivity contribution is 5.31. The van der Waals surface area contributed by atoms with E-state index >= 15 is 0 Å². The first-order valence-corrected chi connectivity index (χ1v) is 4.76. The third kappa shape index (κ3) is 3.49. The molecular formula is C9H10F5N3O. The number of nitrogens with zero attached hydrogens (tertiary/aromatic N) is 2. The van der Waals surface area contributed by atoms with E-state index in [1.54, 1.807) is 0 Å². The summed E-state index contributed by atoms with van der Waals surface area (Å²) in [6.07, 6.45) is -3.82. The molecule has 0 aliphatic carbocycles. The molecule has 0 amide bonds. The van der Waals surface area contributed by atoms with E-state index in [1.807, 2.05) is 0 Å². The molecule has 0 saturated carbocycles. The summed E-state index contributed by atoms with van der Waals surface area (Å²) in [6.45, 7) is -0.747. The minimum absolute atomic E-state index is 0.0817. The van der Waals surface area contributed by atoms with Crippen LogP contribution in [-0.2, 0) is 11.3 Å². The molecule has 0 aromatic carbocycles. The van der Waals surface area contributed by atoms with Gasteiger partial charge in [-0.1, -0.05) is 0 Å². The van der Waals surface area contributed by atoms with Crippen LogP contribution in [0.25, 0.3) is 0 Å². The number of alkyl halides is 4. The molecule has 0 fully saturated rings. The molecule has 18 heavy (non-hydrogen) atoms. The van der Waals surface area contributed by atoms with Crippen LogP contribution in [0.1, 0.15) is 11.5 Å². The average molecular weight is 271 g/mol. The first-order chi connectivity index (χ1) is 8.24. The number of halogens is 5. The summed E-state index contributed by atoms with van der Waals surface area (Å²) in [7, 11) is 0. The Morgan fingerprint density at radius 1 is 1.33 bits per heavy atom. The van der Waals surface area contributed by atoms with Crippen LogP contribution in [-0.4, -0.2) is 28.9 Å². The summed E-state index contributed by atoms with van der Waals surface area (Å²) in [5, 5.41) is 0. The van der Waals surface area contributed by atoms with Crippen LogP contribution in [0.4, 0.5) is 27.8 Å². The SMILES string of the molecule is Cc1nc(COCC(F)(F)C(F)F)nc(N)c1F. The van der Waals surface area contributed by atoms with Gasteiger partial charge in [0.05, 0.1) is 5.69 Å². The third-order valence-electron chi connectivity index (χ3n) is 1.93. The Balaban J connectivity index is 2.60. The van der Waals surface area contributed by atoms with Gasteiger partial charge in [0.2, 0.25) is 0 Å². The summed E-state index contributed by atoms with van der Waals surface area (Å²) in [5.74, 6) is -5.68. The highest BCUT2D eigenvalue weighted by Gasteiger charge is 2.41. The summed E-state index contributed by atoms with van der Waals surface area (Å²) < 4.78 is 65.9. The molecule has 2 N–H and O–H groups in total. The molecule has 4 nitrogen and oxygen atoms in total. The fourth-order valence-corrected chi connectivity index (χ4v) is 1.05. The molecule has 0 saturated heterocycles. The van der Waals surface area contributed by atoms with Crippen molar-refractivity contribution in [2.75, 3.05) is 12.3 Å². The zero-order chi connectivity index (χ0) is 13.9. The molecule has 0 unspecified atom stereocenters. The van der Waals surface area contributed by atoms with Crippen molar-refractivity contribution in [3.63, 3.8) is 0 Å². The second-order valence-corrected chi connectivity index (χ2v) is 3.48. The number of nitrogen functional groups attached to an aromatic ring is 1. The average Bonchev–Trinajstić information content (AvgIpc) is 2.25. The van der Waals surface area contributed by atoms with Gasteiger partial charge in [-0.3, -0.25) is 0 Å². The molecule has 0 spiro atoms. The van der Waals surface area contributed by atoms with Crippen molar-refractivity contribution in [2.45, 2.75) is 25.9 Å². The second kappa shape index (κ2) is 5.42. The van der Waals surface area contributed by atoms with E-state index in [-0.39, 0.29) is 11.5 Å². The summed E-state index contributed by atoms with van der Waals surface area (Å²) in [6, 6.07) is 0. The number of hydrogen-bond donors (Lipinski definition) is 1. The lowest BCUT2D eigenvalue weighted by atomic mass is 10.4. The summed E-state index contributed by atoms with van der Waals surface area (Å²) in [4.78, 5) is 7.01. The van der Waals surface area contributed by atoms with Crippen molar-refractivity contribution in [1.29, 1.82) is 0 Å². The maximum atomic E-state index is 13.0. The monoisotopic (exact) mass is 271 g/mol. The van der Waals surface area contributed by atoms with E-state index in [4.69, 9.17) is 5.73 Å². The Morgan fingerprint density at radius 2 is 1.94 bits per heavy atom. The number of rotatable bonds is 5. The van der Waals surface area contributed by atoms with Crippen LogP contribution >= 0.6 is 0 Å². The number of aromatic nitrogens is 2. The van der Waals surface area contributed by atoms with Gasteiger partial charge in [-0.2, -0.15) is 8.78 Å². The number of aryl methyl sites for hydroxylation is 1. The predicted octanol–water partition coefficient (Wildman–Crippen LogP) is 1.92. The van der Waals surface area contributed by atoms with Crippen LogP contribution < -0.4 is 5.73 Å². The first kappa shape index (κ1) is 14.6. The van der Waals surface area contributed by atoms with Gasteiger partial charge in [-0.25, -0.2) is 23.1 Å². The van der Waals surface area contributed by atoms with Crippen LogP contribution in [0, 0.1) is 12.7 Å². The van der Waals surface area contributed by atoms with Crippen LogP contribution in [0.3, 0.4) is 0 Å². The molecule has 0 aliphatic heterocycles. The van der Waals surface area contributed by atoms with Gasteiger partial charge in [0.1, 0.15) is 13.2 Å². The predicted molar refractivity (Wildman–Crippen MR) is 51.7 cm³/mol. The van der Waals surface area contributed by atoms with Crippen LogP contribution in [0.15, 0.2) is 0 Å². The van der Waals surface area contributed by atoms with Gasteiger partial charge in [0, 0.05) is 0 Å². The minimum atomic E-state index is -4.25. The Bertz CT molecular complexity index is 404. The molecule has 0 radical (unpaired) electrons. The summed E-state index contributed by atoms with van der Waals surface area (Å²) in [5.41, 5.74) is 5.10. The lowest BCUT2D eigenvalue weighted by molar-refractivity contribution is -0.168. The highest BCUT2D eigenvalue weighted by Crippen LogP contribution is 2.23. The molecule has 1 rings (SSSR count). The van der Waals surface area contributed by atoms with Crippen LogP contribution in [0.5, 0.6) is 0 Å². The Kier molecular flexibility index (Phi) is 4.38. The largest absolute Gasteiger partial charge is 0.381 e. The number of nitrogens with two attached hydrogens (primary N) is 1. The summed E-state index contributed by atoms with van der Waals surface area (Å²) >= 11 is 0. The van der Waals surface area contributed by atoms with E-state index in [0.29, 0.717) is 0 Å².